The first-order valence-electron chi connectivity index (χ1n) is 10.1. The Bertz CT molecular complexity index is 969. The summed E-state index contributed by atoms with van der Waals surface area (Å²) in [5.41, 5.74) is 1.73. The maximum absolute atomic E-state index is 15.5. The smallest absolute Gasteiger partial charge is 0.301 e. The molecule has 1 saturated heterocycles. The minimum absolute atomic E-state index is 0.256. The molecule has 4 N–H and O–H groups in total. The second-order valence-corrected chi connectivity index (χ2v) is 7.77. The summed E-state index contributed by atoms with van der Waals surface area (Å²) in [7, 11) is 2.59. The van der Waals surface area contributed by atoms with Crippen LogP contribution in [0, 0.1) is 6.92 Å². The molecule has 2 aromatic rings. The number of alkyl halides is 2. The molecular weight excluding hydrogens is 424 g/mol. The van der Waals surface area contributed by atoms with Gasteiger partial charge in [0.1, 0.15) is 24.4 Å². The summed E-state index contributed by atoms with van der Waals surface area (Å²) in [6.45, 7) is 0.902. The largest absolute Gasteiger partial charge is 0.394 e. The van der Waals surface area contributed by atoms with Gasteiger partial charge in [-0.2, -0.15) is 8.78 Å². The molecule has 0 bridgehead atoms. The van der Waals surface area contributed by atoms with Crippen molar-refractivity contribution in [1.82, 2.24) is 5.32 Å². The molecule has 9 heteroatoms. The molecule has 0 spiro atoms. The number of aliphatic hydroxyl groups excluding tert-OH is 3. The van der Waals surface area contributed by atoms with Crippen LogP contribution in [0.3, 0.4) is 0 Å². The molecule has 1 amide bonds. The Kier molecular flexibility index (Phi) is 7.26. The molecule has 2 aromatic carbocycles. The summed E-state index contributed by atoms with van der Waals surface area (Å²) in [6, 6.07) is 11.2. The van der Waals surface area contributed by atoms with Gasteiger partial charge in [-0.15, -0.1) is 0 Å². The topological polar surface area (TPSA) is 108 Å². The van der Waals surface area contributed by atoms with Crippen LogP contribution in [0.4, 0.5) is 8.78 Å². The number of ether oxygens (including phenoxy) is 2. The molecule has 7 nitrogen and oxygen atoms in total. The number of aliphatic hydroxyl groups is 3. The molecule has 1 aliphatic rings. The lowest BCUT2D eigenvalue weighted by molar-refractivity contribution is -0.195. The van der Waals surface area contributed by atoms with Crippen LogP contribution >= 0.6 is 0 Å². The van der Waals surface area contributed by atoms with E-state index >= 15 is 8.78 Å². The van der Waals surface area contributed by atoms with Gasteiger partial charge in [-0.25, -0.2) is 0 Å². The molecule has 2 unspecified atom stereocenters. The fraction of sp³-hybridized carbons (Fsp3) is 0.435. The van der Waals surface area contributed by atoms with E-state index in [1.165, 1.54) is 26.1 Å². The standard InChI is InChI=1S/C23H27F2NO6/c1-12-9-14(13-5-4-6-15(10-13)22(30)26-2)7-8-16(12)23(24,25)21(31-3)20-19(29)18(28)17(11-27)32-20/h4-10,17-21,27-29H,11H2,1-3H3,(H,26,30)/t17?,18-,19+,20?,21+/m1/s1. The van der Waals surface area contributed by atoms with E-state index in [-0.39, 0.29) is 17.0 Å². The number of amides is 1. The molecular formula is C23H27F2NO6. The number of benzene rings is 2. The average Bonchev–Trinajstić information content (AvgIpc) is 3.07. The van der Waals surface area contributed by atoms with E-state index in [1.807, 2.05) is 0 Å². The Morgan fingerprint density at radius 3 is 2.44 bits per heavy atom. The van der Waals surface area contributed by atoms with Gasteiger partial charge in [0, 0.05) is 25.3 Å². The van der Waals surface area contributed by atoms with Crippen molar-refractivity contribution in [2.24, 2.45) is 0 Å². The van der Waals surface area contributed by atoms with E-state index in [0.29, 0.717) is 16.7 Å². The van der Waals surface area contributed by atoms with Crippen molar-refractivity contribution in [3.63, 3.8) is 0 Å². The summed E-state index contributed by atoms with van der Waals surface area (Å²) < 4.78 is 41.3. The second-order valence-electron chi connectivity index (χ2n) is 7.77. The molecule has 3 rings (SSSR count). The molecule has 174 valence electrons. The summed E-state index contributed by atoms with van der Waals surface area (Å²) in [5, 5.41) is 31.9. The first-order chi connectivity index (χ1) is 15.1. The summed E-state index contributed by atoms with van der Waals surface area (Å²) >= 11 is 0. The van der Waals surface area contributed by atoms with Crippen LogP contribution in [0.5, 0.6) is 0 Å². The van der Waals surface area contributed by atoms with Crippen LogP contribution in [-0.4, -0.2) is 72.5 Å². The van der Waals surface area contributed by atoms with Gasteiger partial charge in [-0.3, -0.25) is 4.79 Å². The van der Waals surface area contributed by atoms with E-state index in [4.69, 9.17) is 9.47 Å². The zero-order valence-electron chi connectivity index (χ0n) is 18.0. The van der Waals surface area contributed by atoms with Crippen LogP contribution in [-0.2, 0) is 15.4 Å². The van der Waals surface area contributed by atoms with E-state index < -0.39 is 43.0 Å². The Morgan fingerprint density at radius 2 is 1.88 bits per heavy atom. The lowest BCUT2D eigenvalue weighted by Crippen LogP contribution is -2.48. The molecule has 1 fully saturated rings. The maximum atomic E-state index is 15.5. The highest BCUT2D eigenvalue weighted by molar-refractivity contribution is 5.95. The molecule has 0 aliphatic carbocycles. The van der Waals surface area contributed by atoms with E-state index in [2.05, 4.69) is 5.32 Å². The predicted octanol–water partition coefficient (Wildman–Crippen LogP) is 1.61. The number of methoxy groups -OCH3 is 1. The van der Waals surface area contributed by atoms with Gasteiger partial charge in [0.2, 0.25) is 0 Å². The Morgan fingerprint density at radius 1 is 1.19 bits per heavy atom. The molecule has 5 atom stereocenters. The number of halogens is 2. The number of hydrogen-bond donors (Lipinski definition) is 4. The molecule has 1 aliphatic heterocycles. The quantitative estimate of drug-likeness (QED) is 0.510. The second kappa shape index (κ2) is 9.60. The normalized spacial score (nSPS) is 24.4. The van der Waals surface area contributed by atoms with E-state index in [9.17, 15) is 20.1 Å². The fourth-order valence-corrected chi connectivity index (χ4v) is 4.02. The lowest BCUT2D eigenvalue weighted by Gasteiger charge is -2.32. The van der Waals surface area contributed by atoms with Gasteiger partial charge in [0.15, 0.2) is 6.10 Å². The fourth-order valence-electron chi connectivity index (χ4n) is 4.02. The minimum atomic E-state index is -3.57. The van der Waals surface area contributed by atoms with Gasteiger partial charge in [-0.05, 0) is 35.7 Å². The van der Waals surface area contributed by atoms with Crippen molar-refractivity contribution in [2.45, 2.75) is 43.4 Å². The van der Waals surface area contributed by atoms with Crippen LogP contribution in [0.1, 0.15) is 21.5 Å². The monoisotopic (exact) mass is 451 g/mol. The molecule has 1 heterocycles. The zero-order chi connectivity index (χ0) is 23.6. The van der Waals surface area contributed by atoms with Crippen molar-refractivity contribution >= 4 is 5.91 Å². The van der Waals surface area contributed by atoms with Gasteiger partial charge in [0.25, 0.3) is 5.91 Å². The van der Waals surface area contributed by atoms with Gasteiger partial charge in [-0.1, -0.05) is 30.3 Å². The molecule has 32 heavy (non-hydrogen) atoms. The van der Waals surface area contributed by atoms with Crippen molar-refractivity contribution < 1.29 is 38.4 Å². The Hall–Kier alpha value is -2.43. The highest BCUT2D eigenvalue weighted by atomic mass is 19.3. The first kappa shape index (κ1) is 24.2. The Labute approximate surface area is 184 Å². The van der Waals surface area contributed by atoms with Crippen LogP contribution in [0.2, 0.25) is 0 Å². The summed E-state index contributed by atoms with van der Waals surface area (Å²) in [4.78, 5) is 11.9. The third kappa shape index (κ3) is 4.39. The summed E-state index contributed by atoms with van der Waals surface area (Å²) in [6.07, 6.45) is -7.76. The van der Waals surface area contributed by atoms with Crippen molar-refractivity contribution in [3.8, 4) is 11.1 Å². The molecule has 0 saturated carbocycles. The van der Waals surface area contributed by atoms with Gasteiger partial charge < -0.3 is 30.1 Å². The Balaban J connectivity index is 1.93. The number of aryl methyl sites for hydroxylation is 1. The average molecular weight is 451 g/mol. The van der Waals surface area contributed by atoms with E-state index in [1.54, 1.807) is 30.3 Å². The van der Waals surface area contributed by atoms with Crippen LogP contribution in [0.15, 0.2) is 42.5 Å². The predicted molar refractivity (Wildman–Crippen MR) is 112 cm³/mol. The van der Waals surface area contributed by atoms with Crippen LogP contribution in [0.25, 0.3) is 11.1 Å². The third-order valence-electron chi connectivity index (χ3n) is 5.76. The summed E-state index contributed by atoms with van der Waals surface area (Å²) in [5.74, 6) is -3.83. The third-order valence-corrected chi connectivity index (χ3v) is 5.76. The minimum Gasteiger partial charge on any atom is -0.394 e. The van der Waals surface area contributed by atoms with Gasteiger partial charge in [0.05, 0.1) is 6.61 Å². The molecule has 0 aromatic heterocycles. The maximum Gasteiger partial charge on any atom is 0.301 e. The number of nitrogens with one attached hydrogen (secondary N) is 1. The number of rotatable bonds is 7. The first-order valence-corrected chi connectivity index (χ1v) is 10.1. The van der Waals surface area contributed by atoms with Crippen LogP contribution < -0.4 is 5.32 Å². The zero-order valence-corrected chi connectivity index (χ0v) is 18.0. The highest BCUT2D eigenvalue weighted by Crippen LogP contribution is 2.41. The van der Waals surface area contributed by atoms with Gasteiger partial charge >= 0.3 is 5.92 Å². The number of carbonyl (C=O) groups is 1. The number of hydrogen-bond acceptors (Lipinski definition) is 6. The highest BCUT2D eigenvalue weighted by Gasteiger charge is 2.55. The van der Waals surface area contributed by atoms with E-state index in [0.717, 1.165) is 7.11 Å². The molecule has 0 radical (unpaired) electrons. The number of carbonyl (C=O) groups excluding carboxylic acids is 1. The van der Waals surface area contributed by atoms with Crippen molar-refractivity contribution in [3.05, 3.63) is 59.2 Å². The SMILES string of the molecule is CNC(=O)c1cccc(-c2ccc(C(F)(F)[C@@H](OC)C3OC(CO)[C@@H](O)[C@@H]3O)c(C)c2)c1. The van der Waals surface area contributed by atoms with Crippen molar-refractivity contribution in [2.75, 3.05) is 20.8 Å². The van der Waals surface area contributed by atoms with Crippen molar-refractivity contribution in [1.29, 1.82) is 0 Å². The lowest BCUT2D eigenvalue weighted by atomic mass is 9.90.